The molecule has 1 atom stereocenters. The Morgan fingerprint density at radius 3 is 2.79 bits per heavy atom. The lowest BCUT2D eigenvalue weighted by Gasteiger charge is -2.32. The second-order valence-corrected chi connectivity index (χ2v) is 8.19. The van der Waals surface area contributed by atoms with Gasteiger partial charge in [0.2, 0.25) is 0 Å². The van der Waals surface area contributed by atoms with Crippen molar-refractivity contribution in [3.8, 4) is 11.3 Å². The van der Waals surface area contributed by atoms with Gasteiger partial charge in [-0.2, -0.15) is 0 Å². The minimum Gasteiger partial charge on any atom is -0.338 e. The highest BCUT2D eigenvalue weighted by Crippen LogP contribution is 2.31. The second kappa shape index (κ2) is 7.72. The fourth-order valence-electron chi connectivity index (χ4n) is 3.99. The maximum atomic E-state index is 13.6. The van der Waals surface area contributed by atoms with E-state index in [1.807, 2.05) is 58.9 Å². The number of nitrogens with zero attached hydrogens (tertiary/aromatic N) is 4. The van der Waals surface area contributed by atoms with E-state index in [1.165, 1.54) is 0 Å². The van der Waals surface area contributed by atoms with E-state index < -0.39 is 0 Å². The zero-order valence-corrected chi connectivity index (χ0v) is 16.7. The predicted molar refractivity (Wildman–Crippen MR) is 115 cm³/mol. The number of aromatic nitrogens is 3. The minimum absolute atomic E-state index is 0.0696. The van der Waals surface area contributed by atoms with Gasteiger partial charge >= 0.3 is 0 Å². The standard InChI is InChI=1S/C23H20N4OS/c28-23(27-12-3-4-17(15-27)22-25-11-13-29-22)19-14-21(16-7-9-24-10-8-16)26-20-6-2-1-5-18(19)20/h1-2,5-11,13-14,17H,3-4,12,15H2. The number of thiazole rings is 1. The topological polar surface area (TPSA) is 59.0 Å². The lowest BCUT2D eigenvalue weighted by molar-refractivity contribution is 0.0709. The van der Waals surface area contributed by atoms with Crippen LogP contribution in [0.5, 0.6) is 0 Å². The van der Waals surface area contributed by atoms with Crippen molar-refractivity contribution in [2.24, 2.45) is 0 Å². The summed E-state index contributed by atoms with van der Waals surface area (Å²) in [4.78, 5) is 28.9. The number of carbonyl (C=O) groups is 1. The molecule has 1 aliphatic heterocycles. The van der Waals surface area contributed by atoms with Crippen molar-refractivity contribution in [3.05, 3.63) is 77.0 Å². The number of benzene rings is 1. The molecule has 0 aliphatic carbocycles. The summed E-state index contributed by atoms with van der Waals surface area (Å²) < 4.78 is 0. The third kappa shape index (κ3) is 3.51. The van der Waals surface area contributed by atoms with Gasteiger partial charge in [0.1, 0.15) is 0 Å². The quantitative estimate of drug-likeness (QED) is 0.497. The number of hydrogen-bond acceptors (Lipinski definition) is 5. The lowest BCUT2D eigenvalue weighted by atomic mass is 9.97. The van der Waals surface area contributed by atoms with Crippen LogP contribution in [0.1, 0.15) is 34.1 Å². The number of pyridine rings is 2. The largest absolute Gasteiger partial charge is 0.338 e. The highest BCUT2D eigenvalue weighted by atomic mass is 32.1. The normalized spacial score (nSPS) is 16.8. The smallest absolute Gasteiger partial charge is 0.254 e. The number of carbonyl (C=O) groups excluding carboxylic acids is 1. The van der Waals surface area contributed by atoms with Crippen molar-refractivity contribution in [2.45, 2.75) is 18.8 Å². The summed E-state index contributed by atoms with van der Waals surface area (Å²) in [7, 11) is 0. The van der Waals surface area contributed by atoms with Gasteiger partial charge in [-0.15, -0.1) is 11.3 Å². The molecule has 1 saturated heterocycles. The maximum Gasteiger partial charge on any atom is 0.254 e. The molecule has 1 amide bonds. The molecule has 1 unspecified atom stereocenters. The summed E-state index contributed by atoms with van der Waals surface area (Å²) in [6, 6.07) is 13.6. The molecular formula is C23H20N4OS. The molecule has 0 bridgehead atoms. The van der Waals surface area contributed by atoms with Crippen LogP contribution in [0, 0.1) is 0 Å². The van der Waals surface area contributed by atoms with Crippen molar-refractivity contribution in [2.75, 3.05) is 13.1 Å². The van der Waals surface area contributed by atoms with Gasteiger partial charge < -0.3 is 4.90 Å². The van der Waals surface area contributed by atoms with Gasteiger partial charge in [-0.25, -0.2) is 9.97 Å². The van der Waals surface area contributed by atoms with Crippen LogP contribution in [-0.4, -0.2) is 38.8 Å². The Morgan fingerprint density at radius 1 is 1.10 bits per heavy atom. The summed E-state index contributed by atoms with van der Waals surface area (Å²) in [5.41, 5.74) is 3.29. The number of piperidine rings is 1. The van der Waals surface area contributed by atoms with Gasteiger partial charge in [-0.05, 0) is 37.1 Å². The van der Waals surface area contributed by atoms with Crippen LogP contribution in [0.3, 0.4) is 0 Å². The van der Waals surface area contributed by atoms with E-state index in [-0.39, 0.29) is 5.91 Å². The van der Waals surface area contributed by atoms with E-state index >= 15 is 0 Å². The van der Waals surface area contributed by atoms with E-state index in [0.717, 1.165) is 46.6 Å². The first kappa shape index (κ1) is 17.9. The molecule has 29 heavy (non-hydrogen) atoms. The molecule has 1 fully saturated rings. The average molecular weight is 401 g/mol. The number of fused-ring (bicyclic) bond motifs is 1. The van der Waals surface area contributed by atoms with Crippen molar-refractivity contribution in [3.63, 3.8) is 0 Å². The summed E-state index contributed by atoms with van der Waals surface area (Å²) >= 11 is 1.68. The Hall–Kier alpha value is -3.12. The van der Waals surface area contributed by atoms with Crippen LogP contribution in [0.4, 0.5) is 0 Å². The zero-order chi connectivity index (χ0) is 19.6. The summed E-state index contributed by atoms with van der Waals surface area (Å²) in [5, 5.41) is 4.03. The van der Waals surface area contributed by atoms with Gasteiger partial charge in [0, 0.05) is 53.9 Å². The first-order chi connectivity index (χ1) is 14.3. The molecule has 144 valence electrons. The minimum atomic E-state index is 0.0696. The molecule has 5 nitrogen and oxygen atoms in total. The van der Waals surface area contributed by atoms with Crippen molar-refractivity contribution in [1.29, 1.82) is 0 Å². The molecule has 1 aliphatic rings. The van der Waals surface area contributed by atoms with E-state index in [9.17, 15) is 4.79 Å². The number of amides is 1. The molecular weight excluding hydrogens is 380 g/mol. The number of rotatable bonds is 3. The SMILES string of the molecule is O=C(c1cc(-c2ccncc2)nc2ccccc12)N1CCCC(c2nccs2)C1. The monoisotopic (exact) mass is 400 g/mol. The molecule has 0 radical (unpaired) electrons. The first-order valence-electron chi connectivity index (χ1n) is 9.78. The van der Waals surface area contributed by atoms with Crippen LogP contribution in [0.2, 0.25) is 0 Å². The maximum absolute atomic E-state index is 13.6. The third-order valence-corrected chi connectivity index (χ3v) is 6.37. The third-order valence-electron chi connectivity index (χ3n) is 5.43. The molecule has 0 saturated carbocycles. The molecule has 3 aromatic heterocycles. The van der Waals surface area contributed by atoms with Crippen LogP contribution in [0.25, 0.3) is 22.2 Å². The lowest BCUT2D eigenvalue weighted by Crippen LogP contribution is -2.39. The van der Waals surface area contributed by atoms with Crippen LogP contribution >= 0.6 is 11.3 Å². The van der Waals surface area contributed by atoms with Crippen LogP contribution < -0.4 is 0 Å². The van der Waals surface area contributed by atoms with E-state index in [4.69, 9.17) is 4.98 Å². The molecule has 6 heteroatoms. The summed E-state index contributed by atoms with van der Waals surface area (Å²) in [6.45, 7) is 1.50. The van der Waals surface area contributed by atoms with Crippen LogP contribution in [0.15, 0.2) is 66.4 Å². The summed E-state index contributed by atoms with van der Waals surface area (Å²) in [6.07, 6.45) is 7.42. The molecule has 5 rings (SSSR count). The average Bonchev–Trinajstić information content (AvgIpc) is 3.34. The van der Waals surface area contributed by atoms with Crippen molar-refractivity contribution < 1.29 is 4.79 Å². The number of para-hydroxylation sites is 1. The Bertz CT molecular complexity index is 1140. The number of likely N-dealkylation sites (tertiary alicyclic amines) is 1. The number of hydrogen-bond donors (Lipinski definition) is 0. The van der Waals surface area contributed by atoms with E-state index in [2.05, 4.69) is 9.97 Å². The van der Waals surface area contributed by atoms with Gasteiger partial charge in [0.25, 0.3) is 5.91 Å². The Balaban J connectivity index is 1.54. The molecule has 0 spiro atoms. The van der Waals surface area contributed by atoms with E-state index in [0.29, 0.717) is 18.0 Å². The fraction of sp³-hybridized carbons (Fsp3) is 0.217. The molecule has 1 aromatic carbocycles. The molecule has 0 N–H and O–H groups in total. The van der Waals surface area contributed by atoms with Crippen molar-refractivity contribution in [1.82, 2.24) is 19.9 Å². The Labute approximate surface area is 173 Å². The van der Waals surface area contributed by atoms with E-state index in [1.54, 1.807) is 23.7 Å². The van der Waals surface area contributed by atoms with Gasteiger partial charge in [-0.3, -0.25) is 9.78 Å². The zero-order valence-electron chi connectivity index (χ0n) is 15.9. The second-order valence-electron chi connectivity index (χ2n) is 7.27. The van der Waals surface area contributed by atoms with Gasteiger partial charge in [0.15, 0.2) is 0 Å². The highest BCUT2D eigenvalue weighted by molar-refractivity contribution is 7.09. The summed E-state index contributed by atoms with van der Waals surface area (Å²) in [5.74, 6) is 0.389. The van der Waals surface area contributed by atoms with Crippen molar-refractivity contribution >= 4 is 28.1 Å². The fourth-order valence-corrected chi connectivity index (χ4v) is 4.76. The highest BCUT2D eigenvalue weighted by Gasteiger charge is 2.28. The van der Waals surface area contributed by atoms with Gasteiger partial charge in [0.05, 0.1) is 21.8 Å². The van der Waals surface area contributed by atoms with Crippen LogP contribution in [-0.2, 0) is 0 Å². The predicted octanol–water partition coefficient (Wildman–Crippen LogP) is 4.77. The Morgan fingerprint density at radius 2 is 1.97 bits per heavy atom. The van der Waals surface area contributed by atoms with Gasteiger partial charge in [-0.1, -0.05) is 18.2 Å². The first-order valence-corrected chi connectivity index (χ1v) is 10.7. The Kier molecular flexibility index (Phi) is 4.77. The molecule has 4 heterocycles. The molecule has 4 aromatic rings.